The number of benzene rings is 7. The zero-order valence-corrected chi connectivity index (χ0v) is 38.6. The van der Waals surface area contributed by atoms with Crippen molar-refractivity contribution >= 4 is 28.1 Å². The Labute approximate surface area is 395 Å². The van der Waals surface area contributed by atoms with Gasteiger partial charge in [0, 0.05) is 11.3 Å². The first-order valence-corrected chi connectivity index (χ1v) is 24.6. The molecule has 0 unspecified atom stereocenters. The molecule has 322 valence electrons. The van der Waals surface area contributed by atoms with Crippen molar-refractivity contribution in [3.8, 4) is 55.6 Å². The molecular formula is C66H53N. The van der Waals surface area contributed by atoms with Crippen molar-refractivity contribution < 1.29 is 0 Å². The fraction of sp³-hybridized carbons (Fsp3) is 0.167. The number of allylic oxidation sites excluding steroid dienone is 12. The van der Waals surface area contributed by atoms with Gasteiger partial charge in [0.1, 0.15) is 0 Å². The van der Waals surface area contributed by atoms with Crippen molar-refractivity contribution in [2.45, 2.75) is 71.6 Å². The van der Waals surface area contributed by atoms with Crippen LogP contribution in [0.2, 0.25) is 0 Å². The van der Waals surface area contributed by atoms with Gasteiger partial charge in [0.05, 0.1) is 5.69 Å². The molecule has 6 aliphatic carbocycles. The van der Waals surface area contributed by atoms with Crippen LogP contribution in [0.5, 0.6) is 0 Å². The number of hydrogen-bond donors (Lipinski definition) is 0. The topological polar surface area (TPSA) is 12.4 Å². The lowest BCUT2D eigenvalue weighted by atomic mass is 9.91. The molecule has 1 heteroatoms. The summed E-state index contributed by atoms with van der Waals surface area (Å²) < 4.78 is 0. The first-order valence-electron chi connectivity index (χ1n) is 24.6. The Morgan fingerprint density at radius 2 is 0.731 bits per heavy atom. The van der Waals surface area contributed by atoms with Crippen molar-refractivity contribution in [1.29, 1.82) is 0 Å². The molecule has 0 atom stereocenters. The minimum atomic E-state index is 1.00. The number of fused-ring (bicyclic) bond motifs is 6. The fourth-order valence-corrected chi connectivity index (χ4v) is 11.9. The van der Waals surface area contributed by atoms with Gasteiger partial charge in [0.25, 0.3) is 0 Å². The molecule has 7 aromatic rings. The molecule has 0 saturated carbocycles. The third-order valence-electron chi connectivity index (χ3n) is 15.7. The van der Waals surface area contributed by atoms with E-state index >= 15 is 0 Å². The molecule has 13 rings (SSSR count). The van der Waals surface area contributed by atoms with Crippen LogP contribution in [0.15, 0.2) is 198 Å². The van der Waals surface area contributed by atoms with E-state index in [-0.39, 0.29) is 0 Å². The van der Waals surface area contributed by atoms with Crippen LogP contribution in [0.4, 0.5) is 5.69 Å². The fourth-order valence-electron chi connectivity index (χ4n) is 11.9. The lowest BCUT2D eigenvalue weighted by Gasteiger charge is -2.16. The monoisotopic (exact) mass is 859 g/mol. The molecule has 67 heavy (non-hydrogen) atoms. The zero-order chi connectivity index (χ0) is 44.6. The number of aliphatic imine (C=N–C) groups is 1. The van der Waals surface area contributed by atoms with E-state index in [1.54, 1.807) is 16.7 Å². The molecule has 0 amide bonds. The molecule has 0 radical (unpaired) electrons. The molecule has 0 aliphatic heterocycles. The van der Waals surface area contributed by atoms with Gasteiger partial charge in [-0.2, -0.15) is 0 Å². The Bertz CT molecular complexity index is 3440. The van der Waals surface area contributed by atoms with E-state index in [4.69, 9.17) is 4.99 Å². The summed E-state index contributed by atoms with van der Waals surface area (Å²) in [5.41, 5.74) is 34.3. The van der Waals surface area contributed by atoms with Crippen molar-refractivity contribution in [1.82, 2.24) is 0 Å². The van der Waals surface area contributed by atoms with Gasteiger partial charge >= 0.3 is 0 Å². The second-order valence-corrected chi connectivity index (χ2v) is 19.6. The highest BCUT2D eigenvalue weighted by Crippen LogP contribution is 2.45. The average Bonchev–Trinajstić information content (AvgIpc) is 4.08. The van der Waals surface area contributed by atoms with E-state index in [0.29, 0.717) is 0 Å². The van der Waals surface area contributed by atoms with Crippen molar-refractivity contribution in [2.24, 2.45) is 4.99 Å². The second kappa shape index (κ2) is 16.2. The Morgan fingerprint density at radius 3 is 1.16 bits per heavy atom. The molecule has 0 fully saturated rings. The molecule has 6 aliphatic rings. The smallest absolute Gasteiger partial charge is 0.0746 e. The van der Waals surface area contributed by atoms with E-state index in [1.165, 1.54) is 125 Å². The highest BCUT2D eigenvalue weighted by molar-refractivity contribution is 6.03. The normalized spacial score (nSPS) is 16.6. The predicted octanol–water partition coefficient (Wildman–Crippen LogP) is 17.4. The molecule has 0 bridgehead atoms. The zero-order valence-electron chi connectivity index (χ0n) is 38.6. The van der Waals surface area contributed by atoms with Crippen LogP contribution >= 0.6 is 0 Å². The summed E-state index contributed by atoms with van der Waals surface area (Å²) in [5.74, 6) is 0. The molecule has 0 spiro atoms. The first kappa shape index (κ1) is 40.0. The molecule has 0 aromatic heterocycles. The molecule has 0 N–H and O–H groups in total. The van der Waals surface area contributed by atoms with E-state index in [0.717, 1.165) is 61.1 Å². The quantitative estimate of drug-likeness (QED) is 0.142. The lowest BCUT2D eigenvalue weighted by Crippen LogP contribution is -1.96. The number of rotatable bonds is 7. The van der Waals surface area contributed by atoms with Gasteiger partial charge in [-0.15, -0.1) is 0 Å². The SMILES string of the molecule is CC(=Nc1c(-c2ccc(-c3ccc4c(c3)C3=C(CCC=C3)C4)cc2)ccc(-c2ccc(-c3ccc4c(c3)C3=C(CCC=C3)C4)cc2)c1C)c1ccc(-c2ccc3c(c2)C2=C(CCC=C2)C3)cc1. The van der Waals surface area contributed by atoms with E-state index in [1.807, 2.05) is 0 Å². The van der Waals surface area contributed by atoms with Gasteiger partial charge in [-0.25, -0.2) is 0 Å². The van der Waals surface area contributed by atoms with Crippen LogP contribution in [0.1, 0.15) is 90.0 Å². The summed E-state index contributed by atoms with van der Waals surface area (Å²) in [6.07, 6.45) is 24.4. The summed E-state index contributed by atoms with van der Waals surface area (Å²) in [4.78, 5) is 5.56. The summed E-state index contributed by atoms with van der Waals surface area (Å²) >= 11 is 0. The van der Waals surface area contributed by atoms with Gasteiger partial charge in [-0.05, 0) is 201 Å². The first-order chi connectivity index (χ1) is 33.0. The molecule has 7 aromatic carbocycles. The van der Waals surface area contributed by atoms with E-state index in [2.05, 4.69) is 190 Å². The van der Waals surface area contributed by atoms with Crippen LogP contribution < -0.4 is 0 Å². The van der Waals surface area contributed by atoms with E-state index in [9.17, 15) is 0 Å². The standard InChI is InChI=1S/C66H53N/c1-41-58(47-23-19-45(20-24-47)50-28-31-56-36-53-10-4-7-13-60(53)64(56)39-50)33-34-62(48-25-21-46(22-26-48)51-29-32-57-37-54-11-5-8-14-61(54)65(57)40-51)66(41)67-42(2)43-15-17-44(18-16-43)49-27-30-55-35-52-9-3-6-12-59(52)63(55)38-49/h6-8,12-34,38-40H,3-5,9-11,35-37H2,1-2H3. The highest BCUT2D eigenvalue weighted by Gasteiger charge is 2.25. The van der Waals surface area contributed by atoms with Gasteiger partial charge in [-0.1, -0.05) is 175 Å². The van der Waals surface area contributed by atoms with Gasteiger partial charge in [0.15, 0.2) is 0 Å². The number of nitrogens with zero attached hydrogens (tertiary/aromatic N) is 1. The Morgan fingerprint density at radius 1 is 0.373 bits per heavy atom. The summed E-state index contributed by atoms with van der Waals surface area (Å²) in [6, 6.07) is 53.2. The van der Waals surface area contributed by atoms with E-state index < -0.39 is 0 Å². The molecule has 1 nitrogen and oxygen atoms in total. The largest absolute Gasteiger partial charge is 0.252 e. The maximum absolute atomic E-state index is 5.56. The molecular weight excluding hydrogens is 807 g/mol. The third kappa shape index (κ3) is 7.03. The van der Waals surface area contributed by atoms with Crippen LogP contribution in [0, 0.1) is 6.92 Å². The van der Waals surface area contributed by atoms with Crippen molar-refractivity contribution in [2.75, 3.05) is 0 Å². The minimum absolute atomic E-state index is 1.00. The number of hydrogen-bond acceptors (Lipinski definition) is 1. The maximum atomic E-state index is 5.56. The Balaban J connectivity index is 0.843. The Hall–Kier alpha value is -7.35. The van der Waals surface area contributed by atoms with Gasteiger partial charge in [0.2, 0.25) is 0 Å². The van der Waals surface area contributed by atoms with Crippen molar-refractivity contribution in [3.63, 3.8) is 0 Å². The maximum Gasteiger partial charge on any atom is 0.0746 e. The summed E-state index contributed by atoms with van der Waals surface area (Å²) in [7, 11) is 0. The second-order valence-electron chi connectivity index (χ2n) is 19.6. The predicted molar refractivity (Wildman–Crippen MR) is 284 cm³/mol. The van der Waals surface area contributed by atoms with Crippen LogP contribution in [-0.2, 0) is 19.3 Å². The van der Waals surface area contributed by atoms with Crippen LogP contribution in [0.25, 0.3) is 72.4 Å². The highest BCUT2D eigenvalue weighted by atomic mass is 14.8. The van der Waals surface area contributed by atoms with Crippen LogP contribution in [0.3, 0.4) is 0 Å². The molecule has 0 saturated heterocycles. The lowest BCUT2D eigenvalue weighted by molar-refractivity contribution is 0.935. The average molecular weight is 860 g/mol. The Kier molecular flexibility index (Phi) is 9.67. The third-order valence-corrected chi connectivity index (χ3v) is 15.7. The van der Waals surface area contributed by atoms with Crippen LogP contribution in [-0.4, -0.2) is 5.71 Å². The van der Waals surface area contributed by atoms with Gasteiger partial charge in [-0.3, -0.25) is 4.99 Å². The molecule has 0 heterocycles. The minimum Gasteiger partial charge on any atom is -0.252 e. The summed E-state index contributed by atoms with van der Waals surface area (Å²) in [6.45, 7) is 4.42. The van der Waals surface area contributed by atoms with Gasteiger partial charge < -0.3 is 0 Å². The summed E-state index contributed by atoms with van der Waals surface area (Å²) in [5, 5.41) is 0. The van der Waals surface area contributed by atoms with Crippen molar-refractivity contribution in [3.05, 3.63) is 237 Å².